The molecule has 2 nitrogen and oxygen atoms in total. The number of nitrogens with one attached hydrogen (secondary N) is 1. The minimum atomic E-state index is 0.248. The summed E-state index contributed by atoms with van der Waals surface area (Å²) in [6.45, 7) is 8.79. The largest absolute Gasteiger partial charge is 0.307 e. The maximum Gasteiger partial charge on any atom is 0.177 e. The van der Waals surface area contributed by atoms with E-state index in [0.717, 1.165) is 16.7 Å². The maximum absolute atomic E-state index is 12.6. The summed E-state index contributed by atoms with van der Waals surface area (Å²) in [7, 11) is 0. The van der Waals surface area contributed by atoms with E-state index in [2.05, 4.69) is 39.1 Å². The van der Waals surface area contributed by atoms with Gasteiger partial charge in [0.1, 0.15) is 0 Å². The monoisotopic (exact) mass is 273 g/mol. The summed E-state index contributed by atoms with van der Waals surface area (Å²) in [6, 6.07) is 2.72. The number of aryl methyl sites for hydroxylation is 2. The Hall–Kier alpha value is -1.15. The van der Waals surface area contributed by atoms with Crippen molar-refractivity contribution < 1.29 is 4.79 Å². The van der Waals surface area contributed by atoms with Gasteiger partial charge in [-0.15, -0.1) is 0 Å². The molecular weight excluding hydrogens is 246 g/mol. The van der Waals surface area contributed by atoms with Gasteiger partial charge in [0.25, 0.3) is 0 Å². The number of ketones is 1. The quantitative estimate of drug-likeness (QED) is 0.839. The van der Waals surface area contributed by atoms with Crippen LogP contribution in [-0.4, -0.2) is 18.4 Å². The fraction of sp³-hybridized carbons (Fsp3) is 0.611. The molecule has 0 unspecified atom stereocenters. The van der Waals surface area contributed by atoms with Gasteiger partial charge in [0, 0.05) is 11.6 Å². The van der Waals surface area contributed by atoms with Gasteiger partial charge >= 0.3 is 0 Å². The van der Waals surface area contributed by atoms with Crippen LogP contribution in [0.25, 0.3) is 0 Å². The molecule has 0 saturated heterocycles. The van der Waals surface area contributed by atoms with Crippen LogP contribution in [0.1, 0.15) is 64.7 Å². The van der Waals surface area contributed by atoms with Crippen molar-refractivity contribution in [2.75, 3.05) is 6.54 Å². The summed E-state index contributed by atoms with van der Waals surface area (Å²) in [6.07, 6.45) is 6.39. The Morgan fingerprint density at radius 3 is 2.15 bits per heavy atom. The lowest BCUT2D eigenvalue weighted by atomic mass is 9.91. The minimum Gasteiger partial charge on any atom is -0.307 e. The van der Waals surface area contributed by atoms with Crippen molar-refractivity contribution in [2.24, 2.45) is 0 Å². The highest BCUT2D eigenvalue weighted by Gasteiger charge is 2.18. The van der Waals surface area contributed by atoms with Crippen molar-refractivity contribution in [1.29, 1.82) is 0 Å². The highest BCUT2D eigenvalue weighted by Crippen LogP contribution is 2.22. The van der Waals surface area contributed by atoms with E-state index in [0.29, 0.717) is 12.6 Å². The van der Waals surface area contributed by atoms with Crippen LogP contribution in [-0.2, 0) is 0 Å². The van der Waals surface area contributed by atoms with Crippen molar-refractivity contribution in [1.82, 2.24) is 5.32 Å². The topological polar surface area (TPSA) is 29.1 Å². The van der Waals surface area contributed by atoms with Gasteiger partial charge in [-0.2, -0.15) is 0 Å². The molecule has 1 aromatic carbocycles. The van der Waals surface area contributed by atoms with E-state index in [-0.39, 0.29) is 5.78 Å². The molecule has 110 valence electrons. The summed E-state index contributed by atoms with van der Waals surface area (Å²) in [5.41, 5.74) is 5.65. The molecule has 0 bridgehead atoms. The third kappa shape index (κ3) is 3.29. The van der Waals surface area contributed by atoms with Crippen LogP contribution in [0.5, 0.6) is 0 Å². The van der Waals surface area contributed by atoms with E-state index >= 15 is 0 Å². The Morgan fingerprint density at radius 1 is 1.05 bits per heavy atom. The van der Waals surface area contributed by atoms with E-state index in [1.54, 1.807) is 0 Å². The number of carbonyl (C=O) groups excluding carboxylic acids is 1. The molecule has 2 rings (SSSR count). The first-order chi connectivity index (χ1) is 9.50. The summed E-state index contributed by atoms with van der Waals surface area (Å²) in [5.74, 6) is 0.248. The van der Waals surface area contributed by atoms with Gasteiger partial charge in [-0.1, -0.05) is 25.3 Å². The Morgan fingerprint density at radius 2 is 1.60 bits per heavy atom. The molecule has 1 aliphatic carbocycles. The van der Waals surface area contributed by atoms with E-state index in [9.17, 15) is 4.79 Å². The molecule has 0 heterocycles. The van der Waals surface area contributed by atoms with Gasteiger partial charge in [0.15, 0.2) is 5.78 Å². The highest BCUT2D eigenvalue weighted by molar-refractivity contribution is 6.00. The summed E-state index contributed by atoms with van der Waals surface area (Å²) in [5, 5.41) is 3.46. The van der Waals surface area contributed by atoms with Gasteiger partial charge in [-0.3, -0.25) is 4.79 Å². The predicted octanol–water partition coefficient (Wildman–Crippen LogP) is 4.03. The normalized spacial score (nSPS) is 16.4. The Labute approximate surface area is 123 Å². The fourth-order valence-electron chi connectivity index (χ4n) is 3.27. The van der Waals surface area contributed by atoms with Crippen LogP contribution in [0.2, 0.25) is 0 Å². The first kappa shape index (κ1) is 15.2. The Balaban J connectivity index is 2.09. The van der Waals surface area contributed by atoms with Gasteiger partial charge in [-0.25, -0.2) is 0 Å². The van der Waals surface area contributed by atoms with Crippen LogP contribution in [0, 0.1) is 27.7 Å². The Bertz CT molecular complexity index is 472. The molecule has 2 heteroatoms. The molecule has 1 N–H and O–H groups in total. The van der Waals surface area contributed by atoms with E-state index in [4.69, 9.17) is 0 Å². The first-order valence-electron chi connectivity index (χ1n) is 7.84. The van der Waals surface area contributed by atoms with Crippen molar-refractivity contribution in [2.45, 2.75) is 65.8 Å². The molecule has 0 spiro atoms. The van der Waals surface area contributed by atoms with Crippen LogP contribution in [0.3, 0.4) is 0 Å². The fourth-order valence-corrected chi connectivity index (χ4v) is 3.27. The number of benzene rings is 1. The molecule has 1 fully saturated rings. The third-order valence-electron chi connectivity index (χ3n) is 4.80. The molecule has 1 aromatic rings. The number of rotatable bonds is 4. The summed E-state index contributed by atoms with van der Waals surface area (Å²) < 4.78 is 0. The first-order valence-corrected chi connectivity index (χ1v) is 7.84. The van der Waals surface area contributed by atoms with Crippen LogP contribution in [0.4, 0.5) is 0 Å². The summed E-state index contributed by atoms with van der Waals surface area (Å²) >= 11 is 0. The number of carbonyl (C=O) groups is 1. The maximum atomic E-state index is 12.6. The standard InChI is InChI=1S/C18H27NO/c1-12-10-13(2)15(4)18(14(12)3)17(20)11-19-16-8-6-5-7-9-16/h10,16,19H,5-9,11H2,1-4H3. The second-order valence-electron chi connectivity index (χ2n) is 6.27. The molecule has 0 aromatic heterocycles. The lowest BCUT2D eigenvalue weighted by Crippen LogP contribution is -2.35. The molecule has 1 saturated carbocycles. The van der Waals surface area contributed by atoms with Crippen molar-refractivity contribution in [3.8, 4) is 0 Å². The molecule has 1 aliphatic rings. The second-order valence-corrected chi connectivity index (χ2v) is 6.27. The zero-order valence-corrected chi connectivity index (χ0v) is 13.3. The zero-order valence-electron chi connectivity index (χ0n) is 13.3. The number of Topliss-reactive ketones (excluding diaryl/α,β-unsaturated/α-hetero) is 1. The lowest BCUT2D eigenvalue weighted by Gasteiger charge is -2.23. The molecule has 0 atom stereocenters. The molecule has 0 amide bonds. The SMILES string of the molecule is Cc1cc(C)c(C)c(C(=O)CNC2CCCCC2)c1C. The van der Waals surface area contributed by atoms with Crippen molar-refractivity contribution >= 4 is 5.78 Å². The molecule has 20 heavy (non-hydrogen) atoms. The average Bonchev–Trinajstić information content (AvgIpc) is 2.44. The number of hydrogen-bond acceptors (Lipinski definition) is 2. The summed E-state index contributed by atoms with van der Waals surface area (Å²) in [4.78, 5) is 12.6. The van der Waals surface area contributed by atoms with Gasteiger partial charge in [0.05, 0.1) is 6.54 Å². The number of hydrogen-bond donors (Lipinski definition) is 1. The van der Waals surface area contributed by atoms with Crippen LogP contribution < -0.4 is 5.32 Å². The van der Waals surface area contributed by atoms with Gasteiger partial charge in [-0.05, 0) is 62.8 Å². The zero-order chi connectivity index (χ0) is 14.7. The third-order valence-corrected chi connectivity index (χ3v) is 4.80. The van der Waals surface area contributed by atoms with Gasteiger partial charge < -0.3 is 5.32 Å². The van der Waals surface area contributed by atoms with E-state index in [1.165, 1.54) is 43.2 Å². The minimum absolute atomic E-state index is 0.248. The lowest BCUT2D eigenvalue weighted by molar-refractivity contribution is 0.0983. The molecule has 0 radical (unpaired) electrons. The van der Waals surface area contributed by atoms with Crippen molar-refractivity contribution in [3.05, 3.63) is 33.9 Å². The van der Waals surface area contributed by atoms with Crippen LogP contribution in [0.15, 0.2) is 6.07 Å². The van der Waals surface area contributed by atoms with E-state index in [1.807, 2.05) is 0 Å². The predicted molar refractivity (Wildman–Crippen MR) is 84.6 cm³/mol. The molecule has 0 aliphatic heterocycles. The van der Waals surface area contributed by atoms with Crippen LogP contribution >= 0.6 is 0 Å². The Kier molecular flexibility index (Phi) is 4.98. The molecular formula is C18H27NO. The smallest absolute Gasteiger partial charge is 0.177 e. The van der Waals surface area contributed by atoms with Crippen molar-refractivity contribution in [3.63, 3.8) is 0 Å². The van der Waals surface area contributed by atoms with E-state index < -0.39 is 0 Å². The average molecular weight is 273 g/mol. The highest BCUT2D eigenvalue weighted by atomic mass is 16.1. The second kappa shape index (κ2) is 6.53. The van der Waals surface area contributed by atoms with Gasteiger partial charge in [0.2, 0.25) is 0 Å².